The Morgan fingerprint density at radius 1 is 1.32 bits per heavy atom. The summed E-state index contributed by atoms with van der Waals surface area (Å²) in [5.74, 6) is 1.23. The van der Waals surface area contributed by atoms with Crippen molar-refractivity contribution in [1.82, 2.24) is 5.32 Å². The summed E-state index contributed by atoms with van der Waals surface area (Å²) in [6.45, 7) is 2.84. The van der Waals surface area contributed by atoms with Crippen LogP contribution in [0.1, 0.15) is 31.7 Å². The van der Waals surface area contributed by atoms with Crippen molar-refractivity contribution in [3.05, 3.63) is 28.7 Å². The van der Waals surface area contributed by atoms with Crippen LogP contribution in [0.2, 0.25) is 0 Å². The van der Waals surface area contributed by atoms with Crippen molar-refractivity contribution in [3.8, 4) is 11.5 Å². The number of unbranched alkanes of at least 4 members (excludes halogenated alkanes) is 2. The number of hydrogen-bond donors (Lipinski definition) is 1. The van der Waals surface area contributed by atoms with Crippen molar-refractivity contribution in [1.29, 1.82) is 0 Å². The third kappa shape index (κ3) is 4.48. The second-order valence-electron chi connectivity index (χ2n) is 4.82. The number of benzene rings is 1. The van der Waals surface area contributed by atoms with Crippen LogP contribution in [-0.4, -0.2) is 23.9 Å². The average molecular weight is 337 g/mol. The van der Waals surface area contributed by atoms with Crippen LogP contribution >= 0.6 is 24.0 Å². The molecule has 0 radical (unpaired) electrons. The second-order valence-corrected chi connectivity index (χ2v) is 6.54. The van der Waals surface area contributed by atoms with E-state index in [4.69, 9.17) is 21.7 Å². The van der Waals surface area contributed by atoms with E-state index in [1.165, 1.54) is 11.8 Å². The maximum atomic E-state index is 11.7. The molecule has 1 aromatic rings. The van der Waals surface area contributed by atoms with E-state index in [-0.39, 0.29) is 5.91 Å². The smallest absolute Gasteiger partial charge is 0.263 e. The lowest BCUT2D eigenvalue weighted by molar-refractivity contribution is -0.115. The summed E-state index contributed by atoms with van der Waals surface area (Å²) in [5, 5.41) is 2.60. The summed E-state index contributed by atoms with van der Waals surface area (Å²) in [4.78, 5) is 12.3. The topological polar surface area (TPSA) is 47.6 Å². The first-order valence-electron chi connectivity index (χ1n) is 7.19. The van der Waals surface area contributed by atoms with Crippen LogP contribution in [-0.2, 0) is 4.79 Å². The predicted octanol–water partition coefficient (Wildman–Crippen LogP) is 3.75. The van der Waals surface area contributed by atoms with Gasteiger partial charge in [0.1, 0.15) is 4.32 Å². The van der Waals surface area contributed by atoms with Gasteiger partial charge in [-0.3, -0.25) is 4.79 Å². The summed E-state index contributed by atoms with van der Waals surface area (Å²) < 4.78 is 11.6. The summed E-state index contributed by atoms with van der Waals surface area (Å²) in [7, 11) is 1.61. The van der Waals surface area contributed by atoms with Gasteiger partial charge in [-0.1, -0.05) is 49.8 Å². The van der Waals surface area contributed by atoms with Crippen molar-refractivity contribution >= 4 is 40.3 Å². The Morgan fingerprint density at radius 2 is 2.14 bits per heavy atom. The molecular weight excluding hydrogens is 318 g/mol. The quantitative estimate of drug-likeness (QED) is 0.466. The highest BCUT2D eigenvalue weighted by Crippen LogP contribution is 2.31. The second kappa shape index (κ2) is 8.19. The summed E-state index contributed by atoms with van der Waals surface area (Å²) in [6, 6.07) is 5.63. The predicted molar refractivity (Wildman–Crippen MR) is 94.3 cm³/mol. The fourth-order valence-electron chi connectivity index (χ4n) is 2.00. The van der Waals surface area contributed by atoms with Crippen LogP contribution in [0.15, 0.2) is 23.1 Å². The molecule has 1 amide bonds. The molecule has 6 heteroatoms. The molecule has 2 rings (SSSR count). The molecule has 22 heavy (non-hydrogen) atoms. The Hall–Kier alpha value is -1.53. The standard InChI is InChI=1S/C16H19NO3S2/c1-3-4-5-8-20-12-7-6-11(9-13(12)19-2)10-14-15(18)17-16(21)22-14/h6-7,9-10H,3-5,8H2,1-2H3,(H,17,18,21). The number of carbonyl (C=O) groups excluding carboxylic acids is 1. The molecule has 0 atom stereocenters. The Balaban J connectivity index is 2.10. The van der Waals surface area contributed by atoms with Crippen LogP contribution in [0.25, 0.3) is 6.08 Å². The van der Waals surface area contributed by atoms with E-state index in [1.54, 1.807) is 13.2 Å². The number of amides is 1. The lowest BCUT2D eigenvalue weighted by atomic mass is 10.2. The summed E-state index contributed by atoms with van der Waals surface area (Å²) in [6.07, 6.45) is 5.13. The van der Waals surface area contributed by atoms with Crippen LogP contribution in [0.3, 0.4) is 0 Å². The molecule has 1 saturated heterocycles. The molecule has 0 unspecified atom stereocenters. The largest absolute Gasteiger partial charge is 0.493 e. The minimum absolute atomic E-state index is 0.158. The van der Waals surface area contributed by atoms with Gasteiger partial charge < -0.3 is 14.8 Å². The molecule has 118 valence electrons. The van der Waals surface area contributed by atoms with Crippen LogP contribution in [0.4, 0.5) is 0 Å². The molecule has 1 aliphatic rings. The van der Waals surface area contributed by atoms with Gasteiger partial charge in [-0.05, 0) is 30.2 Å². The zero-order valence-corrected chi connectivity index (χ0v) is 14.3. The van der Waals surface area contributed by atoms with E-state index in [2.05, 4.69) is 12.2 Å². The van der Waals surface area contributed by atoms with Crippen LogP contribution < -0.4 is 14.8 Å². The lowest BCUT2D eigenvalue weighted by Gasteiger charge is -2.11. The van der Waals surface area contributed by atoms with Crippen molar-refractivity contribution in [2.45, 2.75) is 26.2 Å². The number of hydrogen-bond acceptors (Lipinski definition) is 5. The molecule has 0 bridgehead atoms. The van der Waals surface area contributed by atoms with Crippen LogP contribution in [0.5, 0.6) is 11.5 Å². The number of methoxy groups -OCH3 is 1. The van der Waals surface area contributed by atoms with Crippen molar-refractivity contribution < 1.29 is 14.3 Å². The number of nitrogens with one attached hydrogen (secondary N) is 1. The minimum Gasteiger partial charge on any atom is -0.493 e. The first-order valence-corrected chi connectivity index (χ1v) is 8.42. The number of ether oxygens (including phenoxy) is 2. The van der Waals surface area contributed by atoms with E-state index >= 15 is 0 Å². The first kappa shape index (κ1) is 16.8. The molecule has 0 aliphatic carbocycles. The third-order valence-corrected chi connectivity index (χ3v) is 4.30. The highest BCUT2D eigenvalue weighted by molar-refractivity contribution is 8.26. The Labute approximate surface area is 140 Å². The molecule has 0 saturated carbocycles. The highest BCUT2D eigenvalue weighted by atomic mass is 32.2. The molecule has 1 heterocycles. The molecule has 1 aromatic carbocycles. The average Bonchev–Trinajstić information content (AvgIpc) is 2.82. The molecule has 1 aliphatic heterocycles. The van der Waals surface area contributed by atoms with E-state index in [9.17, 15) is 4.79 Å². The Kier molecular flexibility index (Phi) is 6.27. The number of rotatable bonds is 7. The zero-order chi connectivity index (χ0) is 15.9. The van der Waals surface area contributed by atoms with Gasteiger partial charge in [0.2, 0.25) is 0 Å². The maximum Gasteiger partial charge on any atom is 0.263 e. The van der Waals surface area contributed by atoms with Crippen LogP contribution in [0, 0.1) is 0 Å². The maximum absolute atomic E-state index is 11.7. The van der Waals surface area contributed by atoms with Crippen molar-refractivity contribution in [3.63, 3.8) is 0 Å². The SMILES string of the molecule is CCCCCOc1ccc(C=C2SC(=S)NC2=O)cc1OC. The third-order valence-electron chi connectivity index (χ3n) is 3.13. The van der Waals surface area contributed by atoms with Gasteiger partial charge in [0.25, 0.3) is 5.91 Å². The fourth-order valence-corrected chi connectivity index (χ4v) is 3.04. The van der Waals surface area contributed by atoms with Gasteiger partial charge in [-0.2, -0.15) is 0 Å². The first-order chi connectivity index (χ1) is 10.6. The molecular formula is C16H19NO3S2. The summed E-state index contributed by atoms with van der Waals surface area (Å²) >= 11 is 6.24. The number of thiocarbonyl (C=S) groups is 1. The van der Waals surface area contributed by atoms with E-state index in [0.29, 0.717) is 21.6 Å². The minimum atomic E-state index is -0.158. The van der Waals surface area contributed by atoms with Crippen molar-refractivity contribution in [2.24, 2.45) is 0 Å². The van der Waals surface area contributed by atoms with Gasteiger partial charge >= 0.3 is 0 Å². The lowest BCUT2D eigenvalue weighted by Crippen LogP contribution is -2.17. The fraction of sp³-hybridized carbons (Fsp3) is 0.375. The molecule has 4 nitrogen and oxygen atoms in total. The molecule has 1 fully saturated rings. The van der Waals surface area contributed by atoms with Gasteiger partial charge in [0.05, 0.1) is 18.6 Å². The van der Waals surface area contributed by atoms with E-state index in [1.807, 2.05) is 18.2 Å². The molecule has 1 N–H and O–H groups in total. The monoisotopic (exact) mass is 337 g/mol. The molecule has 0 aromatic heterocycles. The Bertz CT molecular complexity index is 599. The highest BCUT2D eigenvalue weighted by Gasteiger charge is 2.22. The van der Waals surface area contributed by atoms with E-state index < -0.39 is 0 Å². The molecule has 0 spiro atoms. The Morgan fingerprint density at radius 3 is 2.77 bits per heavy atom. The van der Waals surface area contributed by atoms with Gasteiger partial charge in [-0.25, -0.2) is 0 Å². The van der Waals surface area contributed by atoms with E-state index in [0.717, 1.165) is 30.6 Å². The van der Waals surface area contributed by atoms with Gasteiger partial charge in [-0.15, -0.1) is 0 Å². The summed E-state index contributed by atoms with van der Waals surface area (Å²) in [5.41, 5.74) is 0.875. The van der Waals surface area contributed by atoms with Crippen molar-refractivity contribution in [2.75, 3.05) is 13.7 Å². The number of carbonyl (C=O) groups is 1. The van der Waals surface area contributed by atoms with Gasteiger partial charge in [0.15, 0.2) is 11.5 Å². The number of thioether (sulfide) groups is 1. The normalized spacial score (nSPS) is 16.0. The van der Waals surface area contributed by atoms with Gasteiger partial charge in [0, 0.05) is 0 Å². The zero-order valence-electron chi connectivity index (χ0n) is 12.7.